The number of nitrogens with one attached hydrogen (secondary N) is 1. The van der Waals surface area contributed by atoms with E-state index in [-0.39, 0.29) is 48.7 Å². The number of benzene rings is 3. The smallest absolute Gasteiger partial charge is 0.336 e. The van der Waals surface area contributed by atoms with Crippen LogP contribution in [-0.4, -0.2) is 71.2 Å². The molecule has 1 saturated carbocycles. The number of halogens is 1. The van der Waals surface area contributed by atoms with Crippen molar-refractivity contribution in [2.45, 2.75) is 70.3 Å². The zero-order valence-electron chi connectivity index (χ0n) is 30.6. The minimum absolute atomic E-state index is 0.0127. The Hall–Kier alpha value is -4.94. The predicted octanol–water partition coefficient (Wildman–Crippen LogP) is 6.16. The number of amides is 1. The van der Waals surface area contributed by atoms with Crippen molar-refractivity contribution in [1.29, 1.82) is 0 Å². The Morgan fingerprint density at radius 3 is 2.50 bits per heavy atom. The molecule has 0 saturated heterocycles. The fraction of sp³-hybridized carbons (Fsp3) is 0.357. The molecule has 12 heteroatoms. The number of carbonyl (C=O) groups is 3. The Morgan fingerprint density at radius 2 is 1.74 bits per heavy atom. The zero-order valence-corrected chi connectivity index (χ0v) is 31.4. The summed E-state index contributed by atoms with van der Waals surface area (Å²) in [5.74, 6) is -0.702. The van der Waals surface area contributed by atoms with Crippen LogP contribution in [0.2, 0.25) is 5.02 Å². The van der Waals surface area contributed by atoms with E-state index in [1.165, 1.54) is 26.2 Å². The quantitative estimate of drug-likeness (QED) is 0.0389. The first kappa shape index (κ1) is 41.8. The van der Waals surface area contributed by atoms with Crippen LogP contribution in [0.25, 0.3) is 6.08 Å². The molecule has 0 heterocycles. The van der Waals surface area contributed by atoms with Gasteiger partial charge >= 0.3 is 11.9 Å². The Balaban J connectivity index is 1.16. The van der Waals surface area contributed by atoms with Crippen molar-refractivity contribution in [3.05, 3.63) is 113 Å². The van der Waals surface area contributed by atoms with E-state index in [2.05, 4.69) is 5.32 Å². The number of aryl methyl sites for hydroxylation is 1. The molecule has 11 nitrogen and oxygen atoms in total. The second-order valence-electron chi connectivity index (χ2n) is 13.1. The maximum absolute atomic E-state index is 12.8. The van der Waals surface area contributed by atoms with E-state index in [0.29, 0.717) is 41.3 Å². The van der Waals surface area contributed by atoms with E-state index < -0.39 is 36.3 Å². The summed E-state index contributed by atoms with van der Waals surface area (Å²) in [6, 6.07) is 17.9. The third kappa shape index (κ3) is 13.5. The summed E-state index contributed by atoms with van der Waals surface area (Å²) in [6.45, 7) is 3.44. The van der Waals surface area contributed by atoms with E-state index in [0.717, 1.165) is 5.56 Å². The van der Waals surface area contributed by atoms with Crippen LogP contribution in [0.5, 0.6) is 23.0 Å². The lowest BCUT2D eigenvalue weighted by atomic mass is 9.89. The number of ether oxygens (including phenoxy) is 4. The molecule has 1 aliphatic rings. The number of hydrogen-bond donors (Lipinski definition) is 4. The fourth-order valence-corrected chi connectivity index (χ4v) is 6.12. The molecule has 4 rings (SSSR count). The van der Waals surface area contributed by atoms with Gasteiger partial charge in [-0.05, 0) is 98.7 Å². The normalized spacial score (nSPS) is 19.5. The molecule has 0 radical (unpaired) electrons. The number of unbranched alkanes of at least 4 members (excludes halogenated alkanes) is 1. The second-order valence-corrected chi connectivity index (χ2v) is 13.6. The average Bonchev–Trinajstić information content (AvgIpc) is 3.41. The van der Waals surface area contributed by atoms with E-state index in [9.17, 15) is 29.7 Å². The minimum atomic E-state index is -0.920. The van der Waals surface area contributed by atoms with Crippen LogP contribution in [0, 0.1) is 18.8 Å². The summed E-state index contributed by atoms with van der Waals surface area (Å²) in [7, 11) is 1.42. The van der Waals surface area contributed by atoms with Crippen molar-refractivity contribution in [2.24, 2.45) is 11.8 Å². The van der Waals surface area contributed by atoms with Crippen LogP contribution in [-0.2, 0) is 14.4 Å². The molecule has 4 N–H and O–H groups in total. The number of allylic oxidation sites excluding steroid dienone is 2. The Morgan fingerprint density at radius 1 is 0.963 bits per heavy atom. The summed E-state index contributed by atoms with van der Waals surface area (Å²) in [6.07, 6.45) is 9.72. The monoisotopic (exact) mass is 761 g/mol. The number of carbonyl (C=O) groups excluding carboxylic acids is 3. The standard InChI is InChI=1S/C42H48ClNO10/c1-27-10-8-13-33(22-27)53-41(49)21-17-29-16-20-38(39(23-29)51-3)54-42(50)28(2)44-40(48)15-7-5-4-6-14-34-35(37(47)25-36(34)46)19-18-31(45)26-52-32-12-9-11-30(43)24-32/h4,6,8-13,16-24,28,31,34-37,45-47H,5,7,14-15,25-26H2,1-3H3,(H,44,48)/b6-4-,19-18+,21-17+/t28?,31-,34-,35-,36+,37-/m1/s1. The number of methoxy groups -OCH3 is 1. The fourth-order valence-electron chi connectivity index (χ4n) is 5.94. The Kier molecular flexibility index (Phi) is 16.3. The van der Waals surface area contributed by atoms with Gasteiger partial charge in [-0.1, -0.05) is 60.2 Å². The maximum Gasteiger partial charge on any atom is 0.336 e. The van der Waals surface area contributed by atoms with Gasteiger partial charge < -0.3 is 39.6 Å². The molecule has 6 atom stereocenters. The first-order valence-electron chi connectivity index (χ1n) is 17.8. The van der Waals surface area contributed by atoms with Gasteiger partial charge in [-0.25, -0.2) is 9.59 Å². The lowest BCUT2D eigenvalue weighted by Gasteiger charge is -2.19. The highest BCUT2D eigenvalue weighted by Crippen LogP contribution is 2.36. The van der Waals surface area contributed by atoms with Crippen LogP contribution in [0.4, 0.5) is 0 Å². The van der Waals surface area contributed by atoms with Gasteiger partial charge in [0.05, 0.1) is 19.3 Å². The van der Waals surface area contributed by atoms with Gasteiger partial charge in [0, 0.05) is 29.9 Å². The predicted molar refractivity (Wildman–Crippen MR) is 205 cm³/mol. The van der Waals surface area contributed by atoms with Crippen molar-refractivity contribution in [3.8, 4) is 23.0 Å². The van der Waals surface area contributed by atoms with Gasteiger partial charge in [0.25, 0.3) is 0 Å². The van der Waals surface area contributed by atoms with E-state index in [1.807, 2.05) is 25.1 Å². The summed E-state index contributed by atoms with van der Waals surface area (Å²) in [5.41, 5.74) is 1.58. The van der Waals surface area contributed by atoms with E-state index in [4.69, 9.17) is 30.5 Å². The number of hydrogen-bond acceptors (Lipinski definition) is 10. The summed E-state index contributed by atoms with van der Waals surface area (Å²) in [5, 5.41) is 34.6. The molecule has 288 valence electrons. The number of aliphatic hydroxyl groups is 3. The largest absolute Gasteiger partial charge is 0.493 e. The first-order valence-corrected chi connectivity index (χ1v) is 18.2. The van der Waals surface area contributed by atoms with Crippen molar-refractivity contribution in [1.82, 2.24) is 5.32 Å². The van der Waals surface area contributed by atoms with Crippen LogP contribution < -0.4 is 24.3 Å². The third-order valence-corrected chi connectivity index (χ3v) is 9.02. The van der Waals surface area contributed by atoms with Crippen molar-refractivity contribution in [2.75, 3.05) is 13.7 Å². The van der Waals surface area contributed by atoms with Gasteiger partial charge in [-0.2, -0.15) is 0 Å². The number of rotatable bonds is 18. The SMILES string of the molecule is COc1cc(/C=C/C(=O)Oc2cccc(C)c2)ccc1OC(=O)C(C)NC(=O)CCC/C=C\C[C@@H]1[C@@H](/C=C/[C@@H](O)COc2cccc(Cl)c2)[C@H](O)C[C@@H]1O. The minimum Gasteiger partial charge on any atom is -0.493 e. The molecule has 1 unspecified atom stereocenters. The van der Waals surface area contributed by atoms with Crippen LogP contribution >= 0.6 is 11.6 Å². The average molecular weight is 762 g/mol. The highest BCUT2D eigenvalue weighted by atomic mass is 35.5. The highest BCUT2D eigenvalue weighted by Gasteiger charge is 2.39. The summed E-state index contributed by atoms with van der Waals surface area (Å²) < 4.78 is 21.8. The topological polar surface area (TPSA) is 161 Å². The van der Waals surface area contributed by atoms with E-state index in [1.54, 1.807) is 72.8 Å². The molecule has 0 spiro atoms. The van der Waals surface area contributed by atoms with Crippen LogP contribution in [0.3, 0.4) is 0 Å². The molecular weight excluding hydrogens is 714 g/mol. The third-order valence-electron chi connectivity index (χ3n) is 8.79. The van der Waals surface area contributed by atoms with Gasteiger partial charge in [0.15, 0.2) is 11.5 Å². The Labute approximate surface area is 320 Å². The van der Waals surface area contributed by atoms with Gasteiger partial charge in [0.1, 0.15) is 30.3 Å². The molecule has 1 amide bonds. The lowest BCUT2D eigenvalue weighted by Crippen LogP contribution is -2.40. The van der Waals surface area contributed by atoms with Gasteiger partial charge in [-0.3, -0.25) is 4.79 Å². The molecule has 0 aliphatic heterocycles. The molecular formula is C42H48ClNO10. The number of esters is 2. The zero-order chi connectivity index (χ0) is 39.0. The molecule has 1 aliphatic carbocycles. The molecule has 0 bridgehead atoms. The Bertz CT molecular complexity index is 1810. The maximum atomic E-state index is 12.8. The molecule has 3 aromatic rings. The van der Waals surface area contributed by atoms with Gasteiger partial charge in [0.2, 0.25) is 5.91 Å². The van der Waals surface area contributed by atoms with Crippen molar-refractivity contribution < 1.29 is 48.7 Å². The van der Waals surface area contributed by atoms with E-state index >= 15 is 0 Å². The van der Waals surface area contributed by atoms with Crippen LogP contribution in [0.15, 0.2) is 97.1 Å². The summed E-state index contributed by atoms with van der Waals surface area (Å²) >= 11 is 5.97. The second kappa shape index (κ2) is 21.1. The molecule has 0 aromatic heterocycles. The van der Waals surface area contributed by atoms with Crippen molar-refractivity contribution >= 4 is 35.5 Å². The molecule has 3 aromatic carbocycles. The van der Waals surface area contributed by atoms with Gasteiger partial charge in [-0.15, -0.1) is 0 Å². The molecule has 1 fully saturated rings. The van der Waals surface area contributed by atoms with Crippen LogP contribution in [0.1, 0.15) is 50.2 Å². The highest BCUT2D eigenvalue weighted by molar-refractivity contribution is 6.30. The first-order chi connectivity index (χ1) is 25.9. The number of aliphatic hydroxyl groups excluding tert-OH is 3. The lowest BCUT2D eigenvalue weighted by molar-refractivity contribution is -0.139. The summed E-state index contributed by atoms with van der Waals surface area (Å²) in [4.78, 5) is 37.6. The van der Waals surface area contributed by atoms with Crippen molar-refractivity contribution in [3.63, 3.8) is 0 Å². The molecule has 54 heavy (non-hydrogen) atoms.